The van der Waals surface area contributed by atoms with Gasteiger partial charge in [-0.15, -0.1) is 0 Å². The summed E-state index contributed by atoms with van der Waals surface area (Å²) in [5.41, 5.74) is 1.34. The standard InChI is InChI=1S/C18H24N2O3S/c1-3-4-5-7-13(2)19-17(22)15-9-6-8-14(10-15)11-20-16(21)12-24-18(20)23/h6,8-10,13H,3-5,7,11-12H2,1-2H3,(H,19,22). The summed E-state index contributed by atoms with van der Waals surface area (Å²) < 4.78 is 0. The lowest BCUT2D eigenvalue weighted by Gasteiger charge is -2.15. The van der Waals surface area contributed by atoms with E-state index >= 15 is 0 Å². The number of unbranched alkanes of at least 4 members (excludes halogenated alkanes) is 2. The number of nitrogens with zero attached hydrogens (tertiary/aromatic N) is 1. The molecule has 1 heterocycles. The zero-order valence-corrected chi connectivity index (χ0v) is 15.0. The van der Waals surface area contributed by atoms with Gasteiger partial charge in [-0.3, -0.25) is 19.3 Å². The van der Waals surface area contributed by atoms with Crippen molar-refractivity contribution in [3.8, 4) is 0 Å². The summed E-state index contributed by atoms with van der Waals surface area (Å²) in [6, 6.07) is 7.23. The summed E-state index contributed by atoms with van der Waals surface area (Å²) in [4.78, 5) is 36.9. The highest BCUT2D eigenvalue weighted by Crippen LogP contribution is 2.21. The number of rotatable bonds is 8. The molecule has 1 aliphatic heterocycles. The van der Waals surface area contributed by atoms with Crippen LogP contribution in [0.1, 0.15) is 55.5 Å². The van der Waals surface area contributed by atoms with Crippen LogP contribution in [-0.2, 0) is 11.3 Å². The van der Waals surface area contributed by atoms with Crippen LogP contribution < -0.4 is 5.32 Å². The van der Waals surface area contributed by atoms with E-state index in [4.69, 9.17) is 0 Å². The highest BCUT2D eigenvalue weighted by Gasteiger charge is 2.29. The molecule has 1 fully saturated rings. The van der Waals surface area contributed by atoms with Crippen LogP contribution in [0, 0.1) is 0 Å². The van der Waals surface area contributed by atoms with Gasteiger partial charge in [-0.05, 0) is 31.0 Å². The minimum absolute atomic E-state index is 0.116. The van der Waals surface area contributed by atoms with Crippen molar-refractivity contribution < 1.29 is 14.4 Å². The van der Waals surface area contributed by atoms with Crippen LogP contribution in [0.5, 0.6) is 0 Å². The number of hydrogen-bond acceptors (Lipinski definition) is 4. The van der Waals surface area contributed by atoms with Gasteiger partial charge in [0, 0.05) is 11.6 Å². The van der Waals surface area contributed by atoms with Gasteiger partial charge in [-0.25, -0.2) is 0 Å². The van der Waals surface area contributed by atoms with Crippen molar-refractivity contribution in [2.45, 2.75) is 52.1 Å². The van der Waals surface area contributed by atoms with Crippen LogP contribution in [0.4, 0.5) is 4.79 Å². The molecule has 2 rings (SSSR count). The number of thioether (sulfide) groups is 1. The Kier molecular flexibility index (Phi) is 6.85. The second-order valence-corrected chi connectivity index (χ2v) is 7.03. The van der Waals surface area contributed by atoms with Gasteiger partial charge in [0.2, 0.25) is 5.91 Å². The number of carbonyl (C=O) groups excluding carboxylic acids is 3. The number of carbonyl (C=O) groups is 3. The topological polar surface area (TPSA) is 66.5 Å². The maximum Gasteiger partial charge on any atom is 0.289 e. The summed E-state index contributed by atoms with van der Waals surface area (Å²) >= 11 is 1.02. The van der Waals surface area contributed by atoms with Crippen molar-refractivity contribution in [1.82, 2.24) is 10.2 Å². The molecule has 0 aromatic heterocycles. The Morgan fingerprint density at radius 3 is 2.79 bits per heavy atom. The van der Waals surface area contributed by atoms with Gasteiger partial charge < -0.3 is 5.32 Å². The van der Waals surface area contributed by atoms with Gasteiger partial charge in [0.1, 0.15) is 0 Å². The Bertz CT molecular complexity index is 602. The largest absolute Gasteiger partial charge is 0.350 e. The minimum atomic E-state index is -0.223. The van der Waals surface area contributed by atoms with E-state index in [-0.39, 0.29) is 35.4 Å². The second kappa shape index (κ2) is 8.87. The lowest BCUT2D eigenvalue weighted by Crippen LogP contribution is -2.32. The molecular weight excluding hydrogens is 324 g/mol. The molecule has 5 nitrogen and oxygen atoms in total. The first kappa shape index (κ1) is 18.5. The zero-order valence-electron chi connectivity index (χ0n) is 14.2. The predicted octanol–water partition coefficient (Wildman–Crippen LogP) is 3.58. The lowest BCUT2D eigenvalue weighted by molar-refractivity contribution is -0.125. The fourth-order valence-electron chi connectivity index (χ4n) is 2.61. The molecule has 0 radical (unpaired) electrons. The average molecular weight is 348 g/mol. The van der Waals surface area contributed by atoms with Crippen LogP contribution in [0.2, 0.25) is 0 Å². The molecule has 130 valence electrons. The van der Waals surface area contributed by atoms with Crippen LogP contribution in [0.25, 0.3) is 0 Å². The molecule has 1 aliphatic rings. The van der Waals surface area contributed by atoms with E-state index < -0.39 is 0 Å². The first-order valence-corrected chi connectivity index (χ1v) is 9.36. The Hall–Kier alpha value is -1.82. The molecule has 1 unspecified atom stereocenters. The maximum absolute atomic E-state index is 12.3. The van der Waals surface area contributed by atoms with Crippen molar-refractivity contribution in [2.75, 3.05) is 5.75 Å². The smallest absolute Gasteiger partial charge is 0.289 e. The van der Waals surface area contributed by atoms with Crippen LogP contribution in [-0.4, -0.2) is 33.7 Å². The Balaban J connectivity index is 1.95. The highest BCUT2D eigenvalue weighted by molar-refractivity contribution is 8.14. The maximum atomic E-state index is 12.3. The predicted molar refractivity (Wildman–Crippen MR) is 95.9 cm³/mol. The van der Waals surface area contributed by atoms with Gasteiger partial charge >= 0.3 is 0 Å². The molecule has 0 aliphatic carbocycles. The van der Waals surface area contributed by atoms with E-state index in [1.54, 1.807) is 18.2 Å². The lowest BCUT2D eigenvalue weighted by atomic mass is 10.1. The third kappa shape index (κ3) is 5.09. The third-order valence-electron chi connectivity index (χ3n) is 3.99. The zero-order chi connectivity index (χ0) is 17.5. The third-order valence-corrected chi connectivity index (χ3v) is 4.85. The molecule has 1 aromatic carbocycles. The first-order chi connectivity index (χ1) is 11.5. The van der Waals surface area contributed by atoms with Gasteiger partial charge in [-0.1, -0.05) is 50.1 Å². The summed E-state index contributed by atoms with van der Waals surface area (Å²) in [6.07, 6.45) is 4.41. The summed E-state index contributed by atoms with van der Waals surface area (Å²) in [5, 5.41) is 2.78. The van der Waals surface area contributed by atoms with E-state index in [1.807, 2.05) is 13.0 Å². The van der Waals surface area contributed by atoms with Crippen LogP contribution >= 0.6 is 11.8 Å². The highest BCUT2D eigenvalue weighted by atomic mass is 32.2. The number of benzene rings is 1. The van der Waals surface area contributed by atoms with Crippen molar-refractivity contribution in [1.29, 1.82) is 0 Å². The summed E-state index contributed by atoms with van der Waals surface area (Å²) in [6.45, 7) is 4.39. The van der Waals surface area contributed by atoms with E-state index in [9.17, 15) is 14.4 Å². The molecule has 6 heteroatoms. The molecule has 1 saturated heterocycles. The number of amides is 3. The minimum Gasteiger partial charge on any atom is -0.350 e. The molecule has 24 heavy (non-hydrogen) atoms. The fraction of sp³-hybridized carbons (Fsp3) is 0.500. The molecule has 0 bridgehead atoms. The summed E-state index contributed by atoms with van der Waals surface area (Å²) in [7, 11) is 0. The number of nitrogens with one attached hydrogen (secondary N) is 1. The van der Waals surface area contributed by atoms with Gasteiger partial charge in [0.15, 0.2) is 0 Å². The first-order valence-electron chi connectivity index (χ1n) is 8.38. The SMILES string of the molecule is CCCCCC(C)NC(=O)c1cccc(CN2C(=O)CSC2=O)c1. The number of hydrogen-bond donors (Lipinski definition) is 1. The van der Waals surface area contributed by atoms with Gasteiger partial charge in [0.05, 0.1) is 12.3 Å². The van der Waals surface area contributed by atoms with E-state index in [0.29, 0.717) is 5.56 Å². The van der Waals surface area contributed by atoms with Crippen LogP contribution in [0.3, 0.4) is 0 Å². The second-order valence-electron chi connectivity index (χ2n) is 6.11. The normalized spacial score (nSPS) is 15.7. The number of imide groups is 1. The monoisotopic (exact) mass is 348 g/mol. The Morgan fingerprint density at radius 1 is 1.33 bits per heavy atom. The van der Waals surface area contributed by atoms with Crippen molar-refractivity contribution in [3.63, 3.8) is 0 Å². The summed E-state index contributed by atoms with van der Waals surface area (Å²) in [5.74, 6) is -0.0902. The van der Waals surface area contributed by atoms with Crippen molar-refractivity contribution in [3.05, 3.63) is 35.4 Å². The molecule has 0 spiro atoms. The molecule has 3 amide bonds. The Morgan fingerprint density at radius 2 is 2.12 bits per heavy atom. The van der Waals surface area contributed by atoms with E-state index in [0.717, 1.165) is 36.6 Å². The van der Waals surface area contributed by atoms with E-state index in [1.165, 1.54) is 11.3 Å². The quantitative estimate of drug-likeness (QED) is 0.729. The fourth-order valence-corrected chi connectivity index (χ4v) is 3.33. The molecule has 1 aromatic rings. The molecule has 0 saturated carbocycles. The van der Waals surface area contributed by atoms with Crippen molar-refractivity contribution >= 4 is 28.8 Å². The van der Waals surface area contributed by atoms with Crippen molar-refractivity contribution in [2.24, 2.45) is 0 Å². The van der Waals surface area contributed by atoms with Crippen LogP contribution in [0.15, 0.2) is 24.3 Å². The average Bonchev–Trinajstić information content (AvgIpc) is 2.87. The molecular formula is C18H24N2O3S. The van der Waals surface area contributed by atoms with Gasteiger partial charge in [-0.2, -0.15) is 0 Å². The Labute approximate surface area is 147 Å². The van der Waals surface area contributed by atoms with Gasteiger partial charge in [0.25, 0.3) is 11.1 Å². The van der Waals surface area contributed by atoms with E-state index in [2.05, 4.69) is 12.2 Å². The molecule has 1 atom stereocenters. The molecule has 1 N–H and O–H groups in total.